The van der Waals surface area contributed by atoms with Crippen LogP contribution in [0.15, 0.2) is 41.4 Å². The zero-order valence-electron chi connectivity index (χ0n) is 17.1. The Morgan fingerprint density at radius 2 is 1.94 bits per heavy atom. The average molecular weight is 427 g/mol. The van der Waals surface area contributed by atoms with Crippen LogP contribution >= 0.6 is 0 Å². The van der Waals surface area contributed by atoms with Gasteiger partial charge in [0.2, 0.25) is 0 Å². The van der Waals surface area contributed by atoms with Crippen LogP contribution in [0.25, 0.3) is 11.1 Å². The largest absolute Gasteiger partial charge is 0.490 e. The van der Waals surface area contributed by atoms with Crippen LogP contribution in [0.4, 0.5) is 8.78 Å². The second kappa shape index (κ2) is 7.30. The summed E-state index contributed by atoms with van der Waals surface area (Å²) in [5, 5.41) is 0. The third kappa shape index (κ3) is 3.26. The van der Waals surface area contributed by atoms with Crippen molar-refractivity contribution in [3.8, 4) is 16.9 Å². The minimum Gasteiger partial charge on any atom is -0.490 e. The Balaban J connectivity index is 1.63. The molecule has 0 saturated carbocycles. The number of amides is 1. The van der Waals surface area contributed by atoms with E-state index in [2.05, 4.69) is 4.99 Å². The number of benzene rings is 2. The molecule has 3 heterocycles. The van der Waals surface area contributed by atoms with Crippen LogP contribution in [0.1, 0.15) is 24.8 Å². The van der Waals surface area contributed by atoms with Crippen molar-refractivity contribution in [1.29, 1.82) is 0 Å². The summed E-state index contributed by atoms with van der Waals surface area (Å²) in [6.45, 7) is 1.30. The second-order valence-corrected chi connectivity index (χ2v) is 8.40. The van der Waals surface area contributed by atoms with E-state index in [1.807, 2.05) is 0 Å². The molecule has 3 atom stereocenters. The van der Waals surface area contributed by atoms with Gasteiger partial charge in [-0.15, -0.1) is 0 Å². The molecule has 3 aliphatic heterocycles. The predicted octanol–water partition coefficient (Wildman–Crippen LogP) is 3.19. The van der Waals surface area contributed by atoms with Gasteiger partial charge in [-0.3, -0.25) is 9.69 Å². The van der Waals surface area contributed by atoms with E-state index in [0.29, 0.717) is 35.5 Å². The van der Waals surface area contributed by atoms with Crippen molar-refractivity contribution in [2.45, 2.75) is 30.9 Å². The SMILES string of the molecule is CN1C(=O)C2(CC(C3CCCOC3)Oc3ccc(-c4cc(F)cc(F)c4)cc32)N=C1N. The Morgan fingerprint density at radius 1 is 1.16 bits per heavy atom. The maximum Gasteiger partial charge on any atom is 0.261 e. The maximum atomic E-state index is 13.8. The zero-order chi connectivity index (χ0) is 21.8. The summed E-state index contributed by atoms with van der Waals surface area (Å²) in [5.41, 5.74) is 6.30. The summed E-state index contributed by atoms with van der Waals surface area (Å²) in [7, 11) is 1.59. The molecule has 162 valence electrons. The summed E-state index contributed by atoms with van der Waals surface area (Å²) in [5.74, 6) is -0.768. The minimum atomic E-state index is -1.23. The van der Waals surface area contributed by atoms with Crippen LogP contribution in [0, 0.1) is 17.6 Å². The number of likely N-dealkylation sites (N-methyl/N-ethyl adjacent to an activating group) is 1. The number of nitrogens with two attached hydrogens (primary N) is 1. The highest BCUT2D eigenvalue weighted by Gasteiger charge is 2.54. The summed E-state index contributed by atoms with van der Waals surface area (Å²) < 4.78 is 39.5. The van der Waals surface area contributed by atoms with Gasteiger partial charge in [0.05, 0.1) is 6.61 Å². The topological polar surface area (TPSA) is 77.2 Å². The molecular weight excluding hydrogens is 404 g/mol. The van der Waals surface area contributed by atoms with Crippen molar-refractivity contribution in [2.24, 2.45) is 16.6 Å². The lowest BCUT2D eigenvalue weighted by Gasteiger charge is -2.40. The number of carbonyl (C=O) groups excluding carboxylic acids is 1. The molecule has 2 N–H and O–H groups in total. The fourth-order valence-electron chi connectivity index (χ4n) is 4.79. The summed E-state index contributed by atoms with van der Waals surface area (Å²) in [6.07, 6.45) is 1.96. The number of fused-ring (bicyclic) bond motifs is 2. The van der Waals surface area contributed by atoms with Crippen molar-refractivity contribution in [3.63, 3.8) is 0 Å². The molecule has 5 rings (SSSR count). The van der Waals surface area contributed by atoms with Crippen LogP contribution in [-0.2, 0) is 15.1 Å². The number of ether oxygens (including phenoxy) is 2. The third-order valence-corrected chi connectivity index (χ3v) is 6.42. The number of hydrogen-bond acceptors (Lipinski definition) is 5. The van der Waals surface area contributed by atoms with E-state index in [4.69, 9.17) is 15.2 Å². The van der Waals surface area contributed by atoms with Gasteiger partial charge in [0.25, 0.3) is 5.91 Å². The fraction of sp³-hybridized carbons (Fsp3) is 0.391. The van der Waals surface area contributed by atoms with Crippen molar-refractivity contribution < 1.29 is 23.0 Å². The van der Waals surface area contributed by atoms with Gasteiger partial charge in [-0.2, -0.15) is 0 Å². The highest BCUT2D eigenvalue weighted by molar-refractivity contribution is 6.07. The Kier molecular flexibility index (Phi) is 4.69. The van der Waals surface area contributed by atoms with Crippen molar-refractivity contribution >= 4 is 11.9 Å². The van der Waals surface area contributed by atoms with Crippen LogP contribution in [-0.4, -0.2) is 43.1 Å². The van der Waals surface area contributed by atoms with E-state index >= 15 is 0 Å². The van der Waals surface area contributed by atoms with Gasteiger partial charge in [0.1, 0.15) is 23.5 Å². The highest BCUT2D eigenvalue weighted by Crippen LogP contribution is 2.48. The van der Waals surface area contributed by atoms with Gasteiger partial charge in [0.15, 0.2) is 11.5 Å². The van der Waals surface area contributed by atoms with Crippen LogP contribution in [0.5, 0.6) is 5.75 Å². The normalized spacial score (nSPS) is 27.8. The Bertz CT molecular complexity index is 1060. The molecule has 6 nitrogen and oxygen atoms in total. The van der Waals surface area contributed by atoms with Crippen LogP contribution in [0.3, 0.4) is 0 Å². The van der Waals surface area contributed by atoms with Gasteiger partial charge in [-0.05, 0) is 48.2 Å². The molecule has 2 aromatic carbocycles. The fourth-order valence-corrected chi connectivity index (χ4v) is 4.79. The van der Waals surface area contributed by atoms with Gasteiger partial charge < -0.3 is 15.2 Å². The third-order valence-electron chi connectivity index (χ3n) is 6.42. The lowest BCUT2D eigenvalue weighted by atomic mass is 9.77. The van der Waals surface area contributed by atoms with Gasteiger partial charge in [-0.1, -0.05) is 6.07 Å². The number of aliphatic imine (C=N–C) groups is 1. The van der Waals surface area contributed by atoms with E-state index in [0.717, 1.165) is 25.5 Å². The first-order valence-electron chi connectivity index (χ1n) is 10.4. The summed E-state index contributed by atoms with van der Waals surface area (Å²) in [4.78, 5) is 19.3. The number of hydrogen-bond donors (Lipinski definition) is 1. The first-order chi connectivity index (χ1) is 14.9. The van der Waals surface area contributed by atoms with E-state index in [-0.39, 0.29) is 23.9 Å². The van der Waals surface area contributed by atoms with E-state index in [1.165, 1.54) is 17.0 Å². The molecule has 2 aromatic rings. The Labute approximate surface area is 178 Å². The first-order valence-corrected chi connectivity index (χ1v) is 10.4. The van der Waals surface area contributed by atoms with Crippen molar-refractivity contribution in [3.05, 3.63) is 53.6 Å². The van der Waals surface area contributed by atoms with E-state index < -0.39 is 17.2 Å². The maximum absolute atomic E-state index is 13.8. The molecule has 1 amide bonds. The second-order valence-electron chi connectivity index (χ2n) is 8.40. The summed E-state index contributed by atoms with van der Waals surface area (Å²) >= 11 is 0. The zero-order valence-corrected chi connectivity index (χ0v) is 17.1. The lowest BCUT2D eigenvalue weighted by Crippen LogP contribution is -2.48. The Hall–Kier alpha value is -3.00. The van der Waals surface area contributed by atoms with E-state index in [1.54, 1.807) is 25.2 Å². The number of halogens is 2. The molecule has 31 heavy (non-hydrogen) atoms. The lowest BCUT2D eigenvalue weighted by molar-refractivity contribution is -0.133. The molecule has 0 aliphatic carbocycles. The number of rotatable bonds is 2. The van der Waals surface area contributed by atoms with Gasteiger partial charge in [0, 0.05) is 37.6 Å². The molecule has 8 heteroatoms. The first kappa shape index (κ1) is 19.9. The average Bonchev–Trinajstić information content (AvgIpc) is 2.97. The summed E-state index contributed by atoms with van der Waals surface area (Å²) in [6, 6.07) is 8.53. The van der Waals surface area contributed by atoms with Crippen LogP contribution < -0.4 is 10.5 Å². The predicted molar refractivity (Wildman–Crippen MR) is 110 cm³/mol. The molecule has 1 spiro atoms. The van der Waals surface area contributed by atoms with Gasteiger partial charge >= 0.3 is 0 Å². The Morgan fingerprint density at radius 3 is 2.58 bits per heavy atom. The van der Waals surface area contributed by atoms with E-state index in [9.17, 15) is 13.6 Å². The quantitative estimate of drug-likeness (QED) is 0.799. The molecule has 0 aromatic heterocycles. The molecule has 1 fully saturated rings. The number of carbonyl (C=O) groups is 1. The molecule has 3 unspecified atom stereocenters. The van der Waals surface area contributed by atoms with Crippen LogP contribution in [0.2, 0.25) is 0 Å². The molecule has 1 saturated heterocycles. The van der Waals surface area contributed by atoms with Gasteiger partial charge in [-0.25, -0.2) is 13.8 Å². The molecule has 0 bridgehead atoms. The smallest absolute Gasteiger partial charge is 0.261 e. The highest BCUT2D eigenvalue weighted by atomic mass is 19.1. The molecule has 3 aliphatic rings. The monoisotopic (exact) mass is 427 g/mol. The number of nitrogens with zero attached hydrogens (tertiary/aromatic N) is 2. The standard InChI is InChI=1S/C23H23F2N3O3/c1-28-21(29)23(27-22(28)26)11-20(14-3-2-6-30-12-14)31-19-5-4-13(9-18(19)23)15-7-16(24)10-17(25)8-15/h4-5,7-10,14,20H,2-3,6,11-12H2,1H3,(H2,26,27). The van der Waals surface area contributed by atoms with Crippen molar-refractivity contribution in [2.75, 3.05) is 20.3 Å². The van der Waals surface area contributed by atoms with Crippen molar-refractivity contribution in [1.82, 2.24) is 4.90 Å². The number of guanidine groups is 1. The molecule has 0 radical (unpaired) electrons. The molecular formula is C23H23F2N3O3. The minimum absolute atomic E-state index is 0.138.